The molecule has 9 heteroatoms. The maximum absolute atomic E-state index is 14.7. The zero-order chi connectivity index (χ0) is 24.9. The van der Waals surface area contributed by atoms with Gasteiger partial charge in [0.05, 0.1) is 23.0 Å². The van der Waals surface area contributed by atoms with E-state index >= 15 is 0 Å². The quantitative estimate of drug-likeness (QED) is 0.290. The Bertz CT molecular complexity index is 1610. The molecule has 0 unspecified atom stereocenters. The zero-order valence-corrected chi connectivity index (χ0v) is 18.6. The molecule has 0 aliphatic heterocycles. The van der Waals surface area contributed by atoms with E-state index in [1.165, 1.54) is 12.1 Å². The summed E-state index contributed by atoms with van der Waals surface area (Å²) in [5.74, 6) is -4.77. The number of rotatable bonds is 5. The zero-order valence-electron chi connectivity index (χ0n) is 18.6. The number of carbonyl (C=O) groups is 1. The van der Waals surface area contributed by atoms with Crippen molar-refractivity contribution in [3.63, 3.8) is 0 Å². The van der Waals surface area contributed by atoms with E-state index in [1.54, 1.807) is 24.4 Å². The molecule has 2 aromatic heterocycles. The molecule has 0 bridgehead atoms. The molecule has 0 atom stereocenters. The van der Waals surface area contributed by atoms with Crippen LogP contribution in [-0.4, -0.2) is 26.3 Å². The molecule has 2 N–H and O–H groups in total. The van der Waals surface area contributed by atoms with Gasteiger partial charge in [0.25, 0.3) is 0 Å². The lowest BCUT2D eigenvalue weighted by molar-refractivity contribution is 0.0691. The molecule has 6 nitrogen and oxygen atoms in total. The number of benzene rings is 3. The fraction of sp³-hybridized carbons (Fsp3) is 0.115. The highest BCUT2D eigenvalue weighted by Crippen LogP contribution is 2.41. The lowest BCUT2D eigenvalue weighted by Gasteiger charge is -2.19. The van der Waals surface area contributed by atoms with Gasteiger partial charge in [-0.25, -0.2) is 22.9 Å². The van der Waals surface area contributed by atoms with E-state index in [4.69, 9.17) is 9.84 Å². The van der Waals surface area contributed by atoms with Crippen LogP contribution in [0.5, 0.6) is 11.6 Å². The molecule has 0 saturated carbocycles. The highest BCUT2D eigenvalue weighted by atomic mass is 19.1. The third kappa shape index (κ3) is 3.95. The van der Waals surface area contributed by atoms with Crippen LogP contribution in [0.15, 0.2) is 54.7 Å². The summed E-state index contributed by atoms with van der Waals surface area (Å²) in [6, 6.07) is 10.9. The van der Waals surface area contributed by atoms with Crippen LogP contribution in [0, 0.1) is 17.5 Å². The SMILES string of the molecule is CC(C)c1nc(Oc2cc(F)c(C(=O)O)cc2F)c2cc3[nH]ncc3cc2c1-c1ccc(F)cc1. The number of carboxylic acid groups (broad SMARTS) is 1. The standard InChI is InChI=1S/C26H18F3N3O3/c1-12(2)24-23(13-3-5-15(27)6-4-13)16-7-14-11-30-32-21(14)9-17(16)25(31-24)35-22-10-19(28)18(26(33)34)8-20(22)29/h3-12H,1-2H3,(H,30,32)(H,33,34). The molecular weight excluding hydrogens is 459 g/mol. The van der Waals surface area contributed by atoms with E-state index in [-0.39, 0.29) is 17.6 Å². The second-order valence-electron chi connectivity index (χ2n) is 8.36. The lowest BCUT2D eigenvalue weighted by atomic mass is 9.92. The summed E-state index contributed by atoms with van der Waals surface area (Å²) in [5, 5.41) is 18.0. The minimum absolute atomic E-state index is 0.00689. The summed E-state index contributed by atoms with van der Waals surface area (Å²) in [4.78, 5) is 15.8. The van der Waals surface area contributed by atoms with Crippen LogP contribution in [-0.2, 0) is 0 Å². The number of halogens is 3. The summed E-state index contributed by atoms with van der Waals surface area (Å²) in [6.07, 6.45) is 1.65. The topological polar surface area (TPSA) is 88.1 Å². The number of aromatic carboxylic acids is 1. The highest BCUT2D eigenvalue weighted by molar-refractivity contribution is 6.06. The second-order valence-corrected chi connectivity index (χ2v) is 8.36. The van der Waals surface area contributed by atoms with Gasteiger partial charge >= 0.3 is 5.97 Å². The van der Waals surface area contributed by atoms with Crippen molar-refractivity contribution < 1.29 is 27.8 Å². The number of nitrogens with one attached hydrogen (secondary N) is 1. The molecule has 176 valence electrons. The molecule has 5 rings (SSSR count). The van der Waals surface area contributed by atoms with Gasteiger partial charge in [-0.2, -0.15) is 5.10 Å². The Morgan fingerprint density at radius 2 is 1.74 bits per heavy atom. The second kappa shape index (κ2) is 8.43. The van der Waals surface area contributed by atoms with Gasteiger partial charge in [-0.1, -0.05) is 26.0 Å². The number of ether oxygens (including phenoxy) is 1. The van der Waals surface area contributed by atoms with Gasteiger partial charge in [0.2, 0.25) is 5.88 Å². The number of H-pyrrole nitrogens is 1. The molecule has 3 aromatic carbocycles. The summed E-state index contributed by atoms with van der Waals surface area (Å²) < 4.78 is 48.4. The maximum Gasteiger partial charge on any atom is 0.338 e. The molecule has 5 aromatic rings. The van der Waals surface area contributed by atoms with Crippen molar-refractivity contribution in [1.82, 2.24) is 15.2 Å². The Morgan fingerprint density at radius 1 is 1.00 bits per heavy atom. The van der Waals surface area contributed by atoms with Crippen molar-refractivity contribution in [1.29, 1.82) is 0 Å². The summed E-state index contributed by atoms with van der Waals surface area (Å²) in [7, 11) is 0. The first-order chi connectivity index (χ1) is 16.7. The smallest absolute Gasteiger partial charge is 0.338 e. The number of hydrogen-bond donors (Lipinski definition) is 2. The highest BCUT2D eigenvalue weighted by Gasteiger charge is 2.22. The molecule has 0 aliphatic carbocycles. The molecule has 0 radical (unpaired) electrons. The van der Waals surface area contributed by atoms with E-state index in [1.807, 2.05) is 19.9 Å². The molecular formula is C26H18F3N3O3. The summed E-state index contributed by atoms with van der Waals surface area (Å²) in [6.45, 7) is 3.84. The molecule has 0 amide bonds. The Kier molecular flexibility index (Phi) is 5.39. The fourth-order valence-electron chi connectivity index (χ4n) is 4.03. The monoisotopic (exact) mass is 477 g/mol. The predicted molar refractivity (Wildman–Crippen MR) is 124 cm³/mol. The number of aromatic nitrogens is 3. The average molecular weight is 477 g/mol. The predicted octanol–water partition coefficient (Wildman–Crippen LogP) is 6.81. The van der Waals surface area contributed by atoms with Crippen molar-refractivity contribution in [2.24, 2.45) is 0 Å². The first-order valence-electron chi connectivity index (χ1n) is 10.7. The van der Waals surface area contributed by atoms with Crippen LogP contribution < -0.4 is 4.74 Å². The number of fused-ring (bicyclic) bond motifs is 2. The van der Waals surface area contributed by atoms with Gasteiger partial charge in [-0.05, 0) is 47.2 Å². The minimum Gasteiger partial charge on any atom is -0.478 e. The number of hydrogen-bond acceptors (Lipinski definition) is 4. The van der Waals surface area contributed by atoms with Crippen molar-refractivity contribution in [2.45, 2.75) is 19.8 Å². The first-order valence-corrected chi connectivity index (χ1v) is 10.7. The van der Waals surface area contributed by atoms with Gasteiger partial charge in [-0.3, -0.25) is 5.10 Å². The van der Waals surface area contributed by atoms with Gasteiger partial charge in [-0.15, -0.1) is 0 Å². The Hall–Kier alpha value is -4.40. The number of aromatic amines is 1. The molecule has 0 saturated heterocycles. The number of nitrogens with zero attached hydrogens (tertiary/aromatic N) is 2. The van der Waals surface area contributed by atoms with Crippen LogP contribution in [0.2, 0.25) is 0 Å². The third-order valence-corrected chi connectivity index (χ3v) is 5.69. The molecule has 35 heavy (non-hydrogen) atoms. The van der Waals surface area contributed by atoms with Gasteiger partial charge in [0, 0.05) is 22.4 Å². The van der Waals surface area contributed by atoms with Crippen molar-refractivity contribution in [3.8, 4) is 22.8 Å². The normalized spacial score (nSPS) is 11.5. The maximum atomic E-state index is 14.7. The number of carboxylic acids is 1. The minimum atomic E-state index is -1.59. The van der Waals surface area contributed by atoms with Crippen LogP contribution >= 0.6 is 0 Å². The van der Waals surface area contributed by atoms with Crippen LogP contribution in [0.1, 0.15) is 35.8 Å². The van der Waals surface area contributed by atoms with Crippen molar-refractivity contribution >= 4 is 27.6 Å². The number of pyridine rings is 1. The van der Waals surface area contributed by atoms with E-state index in [0.29, 0.717) is 34.1 Å². The molecule has 0 fully saturated rings. The van der Waals surface area contributed by atoms with Crippen molar-refractivity contribution in [2.75, 3.05) is 0 Å². The van der Waals surface area contributed by atoms with Gasteiger partial charge in [0.1, 0.15) is 11.6 Å². The van der Waals surface area contributed by atoms with Crippen molar-refractivity contribution in [3.05, 3.63) is 83.4 Å². The van der Waals surface area contributed by atoms with Gasteiger partial charge < -0.3 is 9.84 Å². The van der Waals surface area contributed by atoms with Crippen LogP contribution in [0.25, 0.3) is 32.8 Å². The lowest BCUT2D eigenvalue weighted by Crippen LogP contribution is -2.05. The average Bonchev–Trinajstić information content (AvgIpc) is 3.27. The fourth-order valence-corrected chi connectivity index (χ4v) is 4.03. The Labute approximate surface area is 197 Å². The van der Waals surface area contributed by atoms with E-state index in [9.17, 15) is 18.0 Å². The van der Waals surface area contributed by atoms with Crippen LogP contribution in [0.4, 0.5) is 13.2 Å². The molecule has 0 aliphatic rings. The van der Waals surface area contributed by atoms with Crippen LogP contribution in [0.3, 0.4) is 0 Å². The summed E-state index contributed by atoms with van der Waals surface area (Å²) in [5.41, 5.74) is 1.94. The first kappa shape index (κ1) is 22.4. The molecule has 0 spiro atoms. The van der Waals surface area contributed by atoms with E-state index in [2.05, 4.69) is 15.2 Å². The van der Waals surface area contributed by atoms with E-state index in [0.717, 1.165) is 16.5 Å². The van der Waals surface area contributed by atoms with E-state index < -0.39 is 28.9 Å². The molecule has 2 heterocycles. The Balaban J connectivity index is 1.79. The Morgan fingerprint density at radius 3 is 2.43 bits per heavy atom. The third-order valence-electron chi connectivity index (χ3n) is 5.69. The summed E-state index contributed by atoms with van der Waals surface area (Å²) >= 11 is 0. The largest absolute Gasteiger partial charge is 0.478 e. The van der Waals surface area contributed by atoms with Gasteiger partial charge in [0.15, 0.2) is 11.6 Å².